The van der Waals surface area contributed by atoms with Crippen LogP contribution in [-0.2, 0) is 30.4 Å². The minimum atomic E-state index is -1.46. The molecule has 0 radical (unpaired) electrons. The van der Waals surface area contributed by atoms with E-state index in [1.54, 1.807) is 30.3 Å². The largest absolute Gasteiger partial charge is 0.480 e. The van der Waals surface area contributed by atoms with E-state index in [1.807, 2.05) is 0 Å². The molecular formula is C24H36N8O6. The first-order chi connectivity index (χ1) is 18.1. The van der Waals surface area contributed by atoms with E-state index in [-0.39, 0.29) is 31.3 Å². The number of carbonyl (C=O) groups excluding carboxylic acids is 4. The van der Waals surface area contributed by atoms with Crippen LogP contribution >= 0.6 is 0 Å². The van der Waals surface area contributed by atoms with Gasteiger partial charge in [-0.1, -0.05) is 30.3 Å². The highest BCUT2D eigenvalue weighted by atomic mass is 16.4. The highest BCUT2D eigenvalue weighted by molar-refractivity contribution is 5.96. The lowest BCUT2D eigenvalue weighted by atomic mass is 10.0. The fourth-order valence-corrected chi connectivity index (χ4v) is 3.96. The summed E-state index contributed by atoms with van der Waals surface area (Å²) in [7, 11) is 0. The normalized spacial score (nSPS) is 16.9. The first-order valence-corrected chi connectivity index (χ1v) is 12.3. The SMILES string of the molecule is NC(=O)CC(NC(=O)C(CCCN=C(N)N)NC(=O)C1CCCN1)C(=O)NC(Cc1ccccc1)C(=O)O. The molecule has 38 heavy (non-hydrogen) atoms. The quantitative estimate of drug-likeness (QED) is 0.0672. The molecule has 14 heteroatoms. The van der Waals surface area contributed by atoms with E-state index >= 15 is 0 Å². The number of hydrogen-bond donors (Lipinski definition) is 8. The number of nitrogens with two attached hydrogens (primary N) is 3. The molecule has 0 aliphatic carbocycles. The van der Waals surface area contributed by atoms with Gasteiger partial charge < -0.3 is 43.6 Å². The molecule has 0 saturated carbocycles. The summed E-state index contributed by atoms with van der Waals surface area (Å²) in [5.74, 6) is -4.31. The van der Waals surface area contributed by atoms with Crippen LogP contribution in [0.15, 0.2) is 35.3 Å². The van der Waals surface area contributed by atoms with Gasteiger partial charge in [-0.3, -0.25) is 24.2 Å². The Bertz CT molecular complexity index is 1010. The number of hydrogen-bond acceptors (Lipinski definition) is 7. The molecule has 1 saturated heterocycles. The van der Waals surface area contributed by atoms with Crippen molar-refractivity contribution in [2.45, 2.75) is 62.7 Å². The third kappa shape index (κ3) is 10.4. The maximum Gasteiger partial charge on any atom is 0.326 e. The number of rotatable bonds is 15. The summed E-state index contributed by atoms with van der Waals surface area (Å²) in [5, 5.41) is 20.1. The number of aliphatic imine (C=N–C) groups is 1. The van der Waals surface area contributed by atoms with Gasteiger partial charge in [-0.05, 0) is 37.8 Å². The summed E-state index contributed by atoms with van der Waals surface area (Å²) >= 11 is 0. The van der Waals surface area contributed by atoms with Crippen molar-refractivity contribution < 1.29 is 29.1 Å². The van der Waals surface area contributed by atoms with Crippen LogP contribution in [0.5, 0.6) is 0 Å². The van der Waals surface area contributed by atoms with Crippen molar-refractivity contribution in [2.75, 3.05) is 13.1 Å². The van der Waals surface area contributed by atoms with Gasteiger partial charge in [0.1, 0.15) is 18.1 Å². The maximum atomic E-state index is 13.1. The van der Waals surface area contributed by atoms with Crippen molar-refractivity contribution in [3.8, 4) is 0 Å². The highest BCUT2D eigenvalue weighted by Gasteiger charge is 2.32. The molecule has 0 aromatic heterocycles. The Balaban J connectivity index is 2.13. The minimum absolute atomic E-state index is 0.0169. The molecule has 11 N–H and O–H groups in total. The predicted octanol–water partition coefficient (Wildman–Crippen LogP) is -2.55. The van der Waals surface area contributed by atoms with Crippen LogP contribution in [0.1, 0.15) is 37.7 Å². The zero-order chi connectivity index (χ0) is 28.1. The summed E-state index contributed by atoms with van der Waals surface area (Å²) < 4.78 is 0. The molecule has 1 aliphatic rings. The van der Waals surface area contributed by atoms with Crippen LogP contribution in [0.25, 0.3) is 0 Å². The molecule has 0 bridgehead atoms. The molecule has 4 unspecified atom stereocenters. The maximum absolute atomic E-state index is 13.1. The molecule has 4 atom stereocenters. The molecule has 14 nitrogen and oxygen atoms in total. The summed E-state index contributed by atoms with van der Waals surface area (Å²) in [4.78, 5) is 66.1. The predicted molar refractivity (Wildman–Crippen MR) is 138 cm³/mol. The van der Waals surface area contributed by atoms with Gasteiger partial charge in [0.05, 0.1) is 12.5 Å². The standard InChI is InChI=1S/C24H36N8O6/c25-19(33)13-17(22(36)32-18(23(37)38)12-14-6-2-1-3-7-14)31-21(35)16(9-5-11-29-24(26)27)30-20(34)15-8-4-10-28-15/h1-3,6-7,15-18,28H,4-5,8-13H2,(H2,25,33)(H,30,34)(H,31,35)(H,32,36)(H,37,38)(H4,26,27,29). The highest BCUT2D eigenvalue weighted by Crippen LogP contribution is 2.08. The number of primary amides is 1. The lowest BCUT2D eigenvalue weighted by Crippen LogP contribution is -2.57. The Kier molecular flexibility index (Phi) is 12.0. The second kappa shape index (κ2) is 15.1. The number of carbonyl (C=O) groups is 5. The molecule has 1 aromatic rings. The van der Waals surface area contributed by atoms with Crippen molar-refractivity contribution in [2.24, 2.45) is 22.2 Å². The summed E-state index contributed by atoms with van der Waals surface area (Å²) in [6.45, 7) is 0.878. The first-order valence-electron chi connectivity index (χ1n) is 12.3. The van der Waals surface area contributed by atoms with E-state index in [2.05, 4.69) is 26.3 Å². The fourth-order valence-electron chi connectivity index (χ4n) is 3.96. The number of carboxylic acids is 1. The molecule has 1 fully saturated rings. The van der Waals surface area contributed by atoms with Crippen LogP contribution in [0.4, 0.5) is 0 Å². The third-order valence-corrected chi connectivity index (χ3v) is 5.89. The molecule has 1 aliphatic heterocycles. The van der Waals surface area contributed by atoms with Crippen molar-refractivity contribution in [3.05, 3.63) is 35.9 Å². The van der Waals surface area contributed by atoms with Crippen LogP contribution in [0.3, 0.4) is 0 Å². The van der Waals surface area contributed by atoms with Gasteiger partial charge in [0.15, 0.2) is 5.96 Å². The van der Waals surface area contributed by atoms with E-state index in [9.17, 15) is 29.1 Å². The number of amides is 4. The summed E-state index contributed by atoms with van der Waals surface area (Å²) in [6, 6.07) is 4.35. The number of aliphatic carboxylic acids is 1. The number of guanidine groups is 1. The summed E-state index contributed by atoms with van der Waals surface area (Å²) in [6.07, 6.45) is 1.30. The molecule has 1 aromatic carbocycles. The van der Waals surface area contributed by atoms with Gasteiger partial charge in [-0.2, -0.15) is 0 Å². The number of benzene rings is 1. The second-order valence-electron chi connectivity index (χ2n) is 8.98. The van der Waals surface area contributed by atoms with Gasteiger partial charge >= 0.3 is 5.97 Å². The average molecular weight is 533 g/mol. The van der Waals surface area contributed by atoms with Crippen molar-refractivity contribution in [1.29, 1.82) is 0 Å². The molecule has 4 amide bonds. The van der Waals surface area contributed by atoms with Crippen molar-refractivity contribution in [1.82, 2.24) is 21.3 Å². The van der Waals surface area contributed by atoms with E-state index in [0.29, 0.717) is 24.9 Å². The molecular weight excluding hydrogens is 496 g/mol. The van der Waals surface area contributed by atoms with Gasteiger partial charge in [0.25, 0.3) is 0 Å². The Hall–Kier alpha value is -4.20. The fraction of sp³-hybridized carbons (Fsp3) is 0.500. The summed E-state index contributed by atoms with van der Waals surface area (Å²) in [5.41, 5.74) is 16.6. The zero-order valence-electron chi connectivity index (χ0n) is 21.0. The average Bonchev–Trinajstić information content (AvgIpc) is 3.40. The topological polar surface area (TPSA) is 244 Å². The number of nitrogens with zero attached hydrogens (tertiary/aromatic N) is 1. The number of nitrogens with one attached hydrogen (secondary N) is 4. The van der Waals surface area contributed by atoms with Gasteiger partial charge in [0.2, 0.25) is 23.6 Å². The van der Waals surface area contributed by atoms with Gasteiger partial charge in [-0.25, -0.2) is 4.79 Å². The van der Waals surface area contributed by atoms with Crippen molar-refractivity contribution in [3.63, 3.8) is 0 Å². The van der Waals surface area contributed by atoms with E-state index in [1.165, 1.54) is 0 Å². The van der Waals surface area contributed by atoms with Crippen LogP contribution in [0, 0.1) is 0 Å². The van der Waals surface area contributed by atoms with Gasteiger partial charge in [-0.15, -0.1) is 0 Å². The minimum Gasteiger partial charge on any atom is -0.480 e. The Labute approximate surface area is 220 Å². The third-order valence-electron chi connectivity index (χ3n) is 5.89. The first kappa shape index (κ1) is 30.0. The lowest BCUT2D eigenvalue weighted by Gasteiger charge is -2.25. The van der Waals surface area contributed by atoms with Crippen molar-refractivity contribution >= 4 is 35.6 Å². The molecule has 2 rings (SSSR count). The Morgan fingerprint density at radius 2 is 1.63 bits per heavy atom. The lowest BCUT2D eigenvalue weighted by molar-refractivity contribution is -0.142. The molecule has 208 valence electrons. The Morgan fingerprint density at radius 3 is 2.21 bits per heavy atom. The zero-order valence-corrected chi connectivity index (χ0v) is 21.0. The smallest absolute Gasteiger partial charge is 0.326 e. The monoisotopic (exact) mass is 532 g/mol. The van der Waals surface area contributed by atoms with Crippen LogP contribution in [0.2, 0.25) is 0 Å². The van der Waals surface area contributed by atoms with E-state index < -0.39 is 54.3 Å². The van der Waals surface area contributed by atoms with E-state index in [0.717, 1.165) is 6.42 Å². The molecule has 0 spiro atoms. The molecule has 1 heterocycles. The van der Waals surface area contributed by atoms with E-state index in [4.69, 9.17) is 17.2 Å². The van der Waals surface area contributed by atoms with Crippen LogP contribution < -0.4 is 38.5 Å². The van der Waals surface area contributed by atoms with Gasteiger partial charge in [0, 0.05) is 13.0 Å². The van der Waals surface area contributed by atoms with Crippen LogP contribution in [-0.4, -0.2) is 77.9 Å². The second-order valence-corrected chi connectivity index (χ2v) is 8.98. The number of carboxylic acid groups (broad SMARTS) is 1. The Morgan fingerprint density at radius 1 is 0.974 bits per heavy atom.